The van der Waals surface area contributed by atoms with Gasteiger partial charge in [-0.25, -0.2) is 0 Å². The van der Waals surface area contributed by atoms with Crippen LogP contribution in [0.3, 0.4) is 0 Å². The Hall–Kier alpha value is -1.95. The van der Waals surface area contributed by atoms with E-state index in [1.807, 2.05) is 0 Å². The Morgan fingerprint density at radius 1 is 1.33 bits per heavy atom. The van der Waals surface area contributed by atoms with Gasteiger partial charge in [0, 0.05) is 36.8 Å². The fourth-order valence-electron chi connectivity index (χ4n) is 3.65. The minimum Gasteiger partial charge on any atom is -0.338 e. The number of fused-ring (bicyclic) bond motifs is 1. The number of benzene rings is 1. The Labute approximate surface area is 123 Å². The standard InChI is InChI=1S/C15H19N3O3/c1-9-4-11(6-12(5-9)18(20)21)15(19)17-7-10-2-3-14(16)13(10)8-17/h4-6,10,13-14H,2-3,7-8,16H2,1H3. The second kappa shape index (κ2) is 5.11. The number of likely N-dealkylation sites (tertiary alicyclic amines) is 1. The number of rotatable bonds is 2. The van der Waals surface area contributed by atoms with Gasteiger partial charge >= 0.3 is 0 Å². The van der Waals surface area contributed by atoms with Crippen molar-refractivity contribution in [3.63, 3.8) is 0 Å². The van der Waals surface area contributed by atoms with Crippen molar-refractivity contribution in [2.45, 2.75) is 25.8 Å². The van der Waals surface area contributed by atoms with Gasteiger partial charge in [-0.05, 0) is 43.2 Å². The highest BCUT2D eigenvalue weighted by Crippen LogP contribution is 2.37. The number of carbonyl (C=O) groups is 1. The van der Waals surface area contributed by atoms with Gasteiger partial charge in [0.1, 0.15) is 0 Å². The van der Waals surface area contributed by atoms with Crippen LogP contribution >= 0.6 is 0 Å². The summed E-state index contributed by atoms with van der Waals surface area (Å²) in [6.45, 7) is 3.16. The van der Waals surface area contributed by atoms with Gasteiger partial charge in [0.15, 0.2) is 0 Å². The highest BCUT2D eigenvalue weighted by Gasteiger charge is 2.42. The molecule has 1 heterocycles. The van der Waals surface area contributed by atoms with E-state index in [0.717, 1.165) is 24.9 Å². The molecule has 0 aromatic heterocycles. The molecular formula is C15H19N3O3. The SMILES string of the molecule is Cc1cc(C(=O)N2CC3CCC(N)C3C2)cc([N+](=O)[O-])c1. The number of nitrogens with zero attached hydrogens (tertiary/aromatic N) is 2. The van der Waals surface area contributed by atoms with Crippen molar-refractivity contribution in [3.8, 4) is 0 Å². The van der Waals surface area contributed by atoms with Gasteiger partial charge in [-0.2, -0.15) is 0 Å². The third kappa shape index (κ3) is 2.51. The van der Waals surface area contributed by atoms with E-state index in [1.54, 1.807) is 17.9 Å². The van der Waals surface area contributed by atoms with Crippen LogP contribution in [0.4, 0.5) is 5.69 Å². The fourth-order valence-corrected chi connectivity index (χ4v) is 3.65. The van der Waals surface area contributed by atoms with E-state index < -0.39 is 4.92 Å². The molecule has 2 N–H and O–H groups in total. The lowest BCUT2D eigenvalue weighted by atomic mass is 9.98. The largest absolute Gasteiger partial charge is 0.338 e. The van der Waals surface area contributed by atoms with E-state index in [4.69, 9.17) is 5.73 Å². The van der Waals surface area contributed by atoms with Crippen molar-refractivity contribution < 1.29 is 9.72 Å². The van der Waals surface area contributed by atoms with Crippen LogP contribution in [0, 0.1) is 28.9 Å². The third-order valence-electron chi connectivity index (χ3n) is 4.72. The summed E-state index contributed by atoms with van der Waals surface area (Å²) >= 11 is 0. The monoisotopic (exact) mass is 289 g/mol. The predicted molar refractivity (Wildman–Crippen MR) is 77.9 cm³/mol. The van der Waals surface area contributed by atoms with Crippen LogP contribution in [0.1, 0.15) is 28.8 Å². The Kier molecular flexibility index (Phi) is 3.41. The van der Waals surface area contributed by atoms with Crippen LogP contribution in [0.2, 0.25) is 0 Å². The molecule has 0 spiro atoms. The predicted octanol–water partition coefficient (Wildman–Crippen LogP) is 1.71. The molecule has 1 aromatic rings. The van der Waals surface area contributed by atoms with E-state index in [9.17, 15) is 14.9 Å². The number of hydrogen-bond donors (Lipinski definition) is 1. The van der Waals surface area contributed by atoms with E-state index in [-0.39, 0.29) is 17.6 Å². The maximum Gasteiger partial charge on any atom is 0.270 e. The first-order chi connectivity index (χ1) is 9.95. The fraction of sp³-hybridized carbons (Fsp3) is 0.533. The number of nitro groups is 1. The smallest absolute Gasteiger partial charge is 0.270 e. The number of nitrogens with two attached hydrogens (primary N) is 1. The number of aryl methyl sites for hydroxylation is 1. The summed E-state index contributed by atoms with van der Waals surface area (Å²) in [4.78, 5) is 24.8. The van der Waals surface area contributed by atoms with Gasteiger partial charge < -0.3 is 10.6 Å². The van der Waals surface area contributed by atoms with E-state index in [2.05, 4.69) is 0 Å². The molecule has 0 bridgehead atoms. The van der Waals surface area contributed by atoms with Crippen LogP contribution in [0.25, 0.3) is 0 Å². The number of carbonyl (C=O) groups excluding carboxylic acids is 1. The second-order valence-corrected chi connectivity index (χ2v) is 6.19. The van der Waals surface area contributed by atoms with Crippen molar-refractivity contribution >= 4 is 11.6 Å². The van der Waals surface area contributed by atoms with Crippen molar-refractivity contribution in [1.82, 2.24) is 4.90 Å². The quantitative estimate of drug-likeness (QED) is 0.663. The van der Waals surface area contributed by atoms with Crippen LogP contribution < -0.4 is 5.73 Å². The molecule has 6 heteroatoms. The van der Waals surface area contributed by atoms with Gasteiger partial charge in [-0.3, -0.25) is 14.9 Å². The second-order valence-electron chi connectivity index (χ2n) is 6.19. The first kappa shape index (κ1) is 14.0. The molecule has 1 saturated carbocycles. The average molecular weight is 289 g/mol. The van der Waals surface area contributed by atoms with Gasteiger partial charge in [-0.15, -0.1) is 0 Å². The molecule has 2 fully saturated rings. The molecule has 2 aliphatic rings. The lowest BCUT2D eigenvalue weighted by molar-refractivity contribution is -0.384. The molecule has 3 atom stereocenters. The zero-order valence-corrected chi connectivity index (χ0v) is 12.0. The molecule has 0 radical (unpaired) electrons. The highest BCUT2D eigenvalue weighted by molar-refractivity contribution is 5.95. The van der Waals surface area contributed by atoms with E-state index in [1.165, 1.54) is 12.1 Å². The number of non-ortho nitro benzene ring substituents is 1. The summed E-state index contributed by atoms with van der Waals surface area (Å²) in [5.41, 5.74) is 7.17. The normalized spacial score (nSPS) is 27.7. The lowest BCUT2D eigenvalue weighted by Crippen LogP contribution is -2.33. The van der Waals surface area contributed by atoms with Crippen molar-refractivity contribution in [1.29, 1.82) is 0 Å². The number of hydrogen-bond acceptors (Lipinski definition) is 4. The Balaban J connectivity index is 1.82. The first-order valence-electron chi connectivity index (χ1n) is 7.26. The topological polar surface area (TPSA) is 89.5 Å². The molecule has 1 amide bonds. The summed E-state index contributed by atoms with van der Waals surface area (Å²) in [7, 11) is 0. The third-order valence-corrected chi connectivity index (χ3v) is 4.72. The Morgan fingerprint density at radius 2 is 2.10 bits per heavy atom. The summed E-state index contributed by atoms with van der Waals surface area (Å²) in [6.07, 6.45) is 2.11. The Bertz CT molecular complexity index is 602. The van der Waals surface area contributed by atoms with Gasteiger partial charge in [0.2, 0.25) is 0 Å². The summed E-state index contributed by atoms with van der Waals surface area (Å²) in [5, 5.41) is 10.9. The number of nitro benzene ring substituents is 1. The van der Waals surface area contributed by atoms with Crippen molar-refractivity contribution in [3.05, 3.63) is 39.4 Å². The summed E-state index contributed by atoms with van der Waals surface area (Å²) in [6, 6.07) is 4.73. The molecule has 112 valence electrons. The molecule has 1 aliphatic carbocycles. The van der Waals surface area contributed by atoms with Crippen molar-refractivity contribution in [2.24, 2.45) is 17.6 Å². The maximum atomic E-state index is 12.6. The minimum atomic E-state index is -0.460. The molecule has 1 saturated heterocycles. The first-order valence-corrected chi connectivity index (χ1v) is 7.26. The van der Waals surface area contributed by atoms with Crippen molar-refractivity contribution in [2.75, 3.05) is 13.1 Å². The molecule has 1 aliphatic heterocycles. The molecule has 6 nitrogen and oxygen atoms in total. The Morgan fingerprint density at radius 3 is 2.76 bits per heavy atom. The van der Waals surface area contributed by atoms with Crippen LogP contribution in [-0.2, 0) is 0 Å². The van der Waals surface area contributed by atoms with E-state index in [0.29, 0.717) is 23.9 Å². The van der Waals surface area contributed by atoms with Gasteiger partial charge in [0.05, 0.1) is 4.92 Å². The molecular weight excluding hydrogens is 270 g/mol. The molecule has 21 heavy (non-hydrogen) atoms. The minimum absolute atomic E-state index is 0.0329. The lowest BCUT2D eigenvalue weighted by Gasteiger charge is -2.19. The van der Waals surface area contributed by atoms with Crippen LogP contribution in [0.15, 0.2) is 18.2 Å². The number of amides is 1. The maximum absolute atomic E-state index is 12.6. The highest BCUT2D eigenvalue weighted by atomic mass is 16.6. The van der Waals surface area contributed by atoms with Gasteiger partial charge in [-0.1, -0.05) is 0 Å². The van der Waals surface area contributed by atoms with Gasteiger partial charge in [0.25, 0.3) is 11.6 Å². The zero-order valence-electron chi connectivity index (χ0n) is 12.0. The van der Waals surface area contributed by atoms with Crippen LogP contribution in [0.5, 0.6) is 0 Å². The van der Waals surface area contributed by atoms with E-state index >= 15 is 0 Å². The molecule has 1 aromatic carbocycles. The summed E-state index contributed by atoms with van der Waals surface area (Å²) < 4.78 is 0. The molecule has 3 rings (SSSR count). The van der Waals surface area contributed by atoms with Crippen LogP contribution in [-0.4, -0.2) is 34.9 Å². The molecule has 3 unspecified atom stereocenters. The zero-order chi connectivity index (χ0) is 15.1. The summed E-state index contributed by atoms with van der Waals surface area (Å²) in [5.74, 6) is 0.751. The average Bonchev–Trinajstić information content (AvgIpc) is 3.00.